The van der Waals surface area contributed by atoms with Gasteiger partial charge in [0.2, 0.25) is 11.8 Å². The highest BCUT2D eigenvalue weighted by atomic mass is 19.1. The normalized spacial score (nSPS) is 10.3. The van der Waals surface area contributed by atoms with Crippen LogP contribution >= 0.6 is 0 Å². The second kappa shape index (κ2) is 10.3. The monoisotopic (exact) mass is 460 g/mol. The van der Waals surface area contributed by atoms with Crippen molar-refractivity contribution in [2.24, 2.45) is 0 Å². The summed E-state index contributed by atoms with van der Waals surface area (Å²) in [6.07, 6.45) is 3.28. The van der Waals surface area contributed by atoms with Crippen molar-refractivity contribution in [3.8, 4) is 28.6 Å². The fraction of sp³-hybridized carbons (Fsp3) is 0.0833. The summed E-state index contributed by atoms with van der Waals surface area (Å²) >= 11 is 0. The number of nitrogens with one attached hydrogen (secondary N) is 3. The molecule has 0 fully saturated rings. The number of rotatable bonds is 7. The molecule has 2 aromatic carbocycles. The molecule has 9 nitrogen and oxygen atoms in total. The summed E-state index contributed by atoms with van der Waals surface area (Å²) < 4.78 is 24.6. The Morgan fingerprint density at radius 1 is 0.941 bits per heavy atom. The standard InChI is InChI=1S/C24H21FN6O3/c1-26-23-28-13-11-20(31-23)18-4-3-12-27-22(18)34-17-8-5-15(6-9-17)29-24(32)30-16-7-10-21(33-2)19(25)14-16/h3-14H,1-2H3,(H,26,28,31)(H2,29,30,32). The van der Waals surface area contributed by atoms with E-state index in [1.165, 1.54) is 19.2 Å². The Labute approximate surface area is 195 Å². The molecule has 0 bridgehead atoms. The number of anilines is 3. The maximum atomic E-state index is 13.8. The number of nitrogens with zero attached hydrogens (tertiary/aromatic N) is 3. The molecule has 0 aliphatic rings. The number of halogens is 1. The predicted molar refractivity (Wildman–Crippen MR) is 127 cm³/mol. The fourth-order valence-corrected chi connectivity index (χ4v) is 3.05. The first-order chi connectivity index (χ1) is 16.6. The van der Waals surface area contributed by atoms with Crippen LogP contribution in [0.3, 0.4) is 0 Å². The smallest absolute Gasteiger partial charge is 0.323 e. The van der Waals surface area contributed by atoms with Crippen molar-refractivity contribution in [2.45, 2.75) is 0 Å². The van der Waals surface area contributed by atoms with Crippen LogP contribution in [0.2, 0.25) is 0 Å². The molecule has 3 N–H and O–H groups in total. The van der Waals surface area contributed by atoms with Crippen molar-refractivity contribution in [1.82, 2.24) is 15.0 Å². The van der Waals surface area contributed by atoms with Crippen LogP contribution in [0.25, 0.3) is 11.3 Å². The van der Waals surface area contributed by atoms with Gasteiger partial charge >= 0.3 is 6.03 Å². The third kappa shape index (κ3) is 5.36. The topological polar surface area (TPSA) is 110 Å². The molecule has 0 atom stereocenters. The third-order valence-electron chi connectivity index (χ3n) is 4.66. The van der Waals surface area contributed by atoms with E-state index in [0.29, 0.717) is 40.2 Å². The number of aromatic nitrogens is 3. The number of hydrogen-bond donors (Lipinski definition) is 3. The first kappa shape index (κ1) is 22.5. The van der Waals surface area contributed by atoms with E-state index < -0.39 is 11.8 Å². The Balaban J connectivity index is 1.43. The number of carbonyl (C=O) groups excluding carboxylic acids is 1. The molecule has 2 amide bonds. The Hall–Kier alpha value is -4.73. The van der Waals surface area contributed by atoms with Crippen molar-refractivity contribution in [2.75, 3.05) is 30.1 Å². The van der Waals surface area contributed by atoms with Crippen molar-refractivity contribution >= 4 is 23.4 Å². The summed E-state index contributed by atoms with van der Waals surface area (Å²) in [6.45, 7) is 0. The van der Waals surface area contributed by atoms with Gasteiger partial charge in [-0.25, -0.2) is 24.1 Å². The number of amides is 2. The second-order valence-corrected chi connectivity index (χ2v) is 6.93. The van der Waals surface area contributed by atoms with Gasteiger partial charge in [0, 0.05) is 36.9 Å². The number of pyridine rings is 1. The quantitative estimate of drug-likeness (QED) is 0.349. The molecular formula is C24H21FN6O3. The van der Waals surface area contributed by atoms with Gasteiger partial charge in [-0.3, -0.25) is 0 Å². The summed E-state index contributed by atoms with van der Waals surface area (Å²) in [7, 11) is 3.11. The average Bonchev–Trinajstić information content (AvgIpc) is 2.86. The van der Waals surface area contributed by atoms with Crippen LogP contribution in [0.1, 0.15) is 0 Å². The molecule has 172 valence electrons. The Kier molecular flexibility index (Phi) is 6.78. The van der Waals surface area contributed by atoms with E-state index in [4.69, 9.17) is 9.47 Å². The van der Waals surface area contributed by atoms with Gasteiger partial charge < -0.3 is 25.4 Å². The third-order valence-corrected chi connectivity index (χ3v) is 4.66. The molecule has 0 radical (unpaired) electrons. The molecular weight excluding hydrogens is 439 g/mol. The van der Waals surface area contributed by atoms with Gasteiger partial charge in [-0.1, -0.05) is 0 Å². The number of methoxy groups -OCH3 is 1. The molecule has 2 aromatic heterocycles. The zero-order valence-electron chi connectivity index (χ0n) is 18.4. The lowest BCUT2D eigenvalue weighted by Crippen LogP contribution is -2.19. The molecule has 0 spiro atoms. The van der Waals surface area contributed by atoms with E-state index >= 15 is 0 Å². The van der Waals surface area contributed by atoms with Crippen LogP contribution < -0.4 is 25.4 Å². The van der Waals surface area contributed by atoms with Gasteiger partial charge in [-0.05, 0) is 54.6 Å². The molecule has 0 unspecified atom stereocenters. The fourth-order valence-electron chi connectivity index (χ4n) is 3.05. The number of urea groups is 1. The van der Waals surface area contributed by atoms with Crippen molar-refractivity contribution in [1.29, 1.82) is 0 Å². The minimum Gasteiger partial charge on any atom is -0.494 e. The van der Waals surface area contributed by atoms with Crippen molar-refractivity contribution in [3.63, 3.8) is 0 Å². The predicted octanol–water partition coefficient (Wildman–Crippen LogP) is 5.16. The maximum absolute atomic E-state index is 13.8. The number of carbonyl (C=O) groups is 1. The molecule has 0 aliphatic heterocycles. The Morgan fingerprint density at radius 3 is 2.44 bits per heavy atom. The van der Waals surface area contributed by atoms with E-state index in [9.17, 15) is 9.18 Å². The molecule has 0 saturated heterocycles. The molecule has 2 heterocycles. The lowest BCUT2D eigenvalue weighted by Gasteiger charge is -2.11. The van der Waals surface area contributed by atoms with Crippen LogP contribution in [0.5, 0.6) is 17.4 Å². The van der Waals surface area contributed by atoms with Crippen LogP contribution in [0.15, 0.2) is 73.1 Å². The molecule has 0 aliphatic carbocycles. The summed E-state index contributed by atoms with van der Waals surface area (Å²) in [5, 5.41) is 8.15. The Morgan fingerprint density at radius 2 is 1.71 bits per heavy atom. The lowest BCUT2D eigenvalue weighted by molar-refractivity contribution is 0.262. The minimum absolute atomic E-state index is 0.0970. The molecule has 34 heavy (non-hydrogen) atoms. The van der Waals surface area contributed by atoms with Gasteiger partial charge in [0.15, 0.2) is 11.6 Å². The van der Waals surface area contributed by atoms with Gasteiger partial charge in [0.05, 0.1) is 18.4 Å². The van der Waals surface area contributed by atoms with Crippen molar-refractivity contribution < 1.29 is 18.7 Å². The van der Waals surface area contributed by atoms with Crippen LogP contribution in [0, 0.1) is 5.82 Å². The highest BCUT2D eigenvalue weighted by Crippen LogP contribution is 2.31. The van der Waals surface area contributed by atoms with Crippen molar-refractivity contribution in [3.05, 3.63) is 78.9 Å². The number of ether oxygens (including phenoxy) is 2. The summed E-state index contributed by atoms with van der Waals surface area (Å²) in [6, 6.07) is 15.8. The Bertz CT molecular complexity index is 1300. The summed E-state index contributed by atoms with van der Waals surface area (Å²) in [4.78, 5) is 25.1. The molecule has 10 heteroatoms. The van der Waals surface area contributed by atoms with Crippen LogP contribution in [0.4, 0.5) is 26.5 Å². The highest BCUT2D eigenvalue weighted by molar-refractivity contribution is 5.99. The van der Waals surface area contributed by atoms with Gasteiger partial charge in [-0.2, -0.15) is 0 Å². The zero-order valence-corrected chi connectivity index (χ0v) is 18.4. The maximum Gasteiger partial charge on any atom is 0.323 e. The van der Waals surface area contributed by atoms with Crippen LogP contribution in [-0.4, -0.2) is 35.1 Å². The minimum atomic E-state index is -0.570. The van der Waals surface area contributed by atoms with E-state index in [2.05, 4.69) is 30.9 Å². The van der Waals surface area contributed by atoms with E-state index in [0.717, 1.165) is 0 Å². The summed E-state index contributed by atoms with van der Waals surface area (Å²) in [5.74, 6) is 0.910. The number of benzene rings is 2. The number of hydrogen-bond acceptors (Lipinski definition) is 7. The van der Waals surface area contributed by atoms with Gasteiger partial charge in [-0.15, -0.1) is 0 Å². The lowest BCUT2D eigenvalue weighted by atomic mass is 10.2. The van der Waals surface area contributed by atoms with Crippen LogP contribution in [-0.2, 0) is 0 Å². The van der Waals surface area contributed by atoms with Gasteiger partial charge in [0.25, 0.3) is 0 Å². The second-order valence-electron chi connectivity index (χ2n) is 6.93. The average molecular weight is 460 g/mol. The molecule has 4 rings (SSSR count). The largest absolute Gasteiger partial charge is 0.494 e. The van der Waals surface area contributed by atoms with E-state index in [-0.39, 0.29) is 5.75 Å². The van der Waals surface area contributed by atoms with Gasteiger partial charge in [0.1, 0.15) is 5.75 Å². The molecule has 0 saturated carbocycles. The summed E-state index contributed by atoms with van der Waals surface area (Å²) in [5.41, 5.74) is 2.18. The molecule has 4 aromatic rings. The highest BCUT2D eigenvalue weighted by Gasteiger charge is 2.12. The van der Waals surface area contributed by atoms with E-state index in [1.54, 1.807) is 61.9 Å². The zero-order chi connectivity index (χ0) is 23.9. The first-order valence-electron chi connectivity index (χ1n) is 10.2. The first-order valence-corrected chi connectivity index (χ1v) is 10.2. The SMILES string of the molecule is CNc1nccc(-c2cccnc2Oc2ccc(NC(=O)Nc3ccc(OC)c(F)c3)cc2)n1. The van der Waals surface area contributed by atoms with E-state index in [1.807, 2.05) is 6.07 Å².